The quantitative estimate of drug-likeness (QED) is 0.690. The van der Waals surface area contributed by atoms with E-state index in [1.165, 1.54) is 38.5 Å². The summed E-state index contributed by atoms with van der Waals surface area (Å²) in [6.07, 6.45) is 10.7. The highest BCUT2D eigenvalue weighted by molar-refractivity contribution is 5.76. The maximum atomic E-state index is 12.4. The van der Waals surface area contributed by atoms with Gasteiger partial charge in [0.2, 0.25) is 0 Å². The smallest absolute Gasteiger partial charge is 0.312 e. The van der Waals surface area contributed by atoms with Gasteiger partial charge in [0.05, 0.1) is 5.41 Å². The van der Waals surface area contributed by atoms with Crippen LogP contribution in [0.1, 0.15) is 78.6 Å². The first-order chi connectivity index (χ1) is 8.50. The first kappa shape index (κ1) is 13.9. The van der Waals surface area contributed by atoms with Crippen LogP contribution in [0.4, 0.5) is 0 Å². The molecular weight excluding hydrogens is 224 g/mol. The van der Waals surface area contributed by atoms with Gasteiger partial charge in [-0.05, 0) is 64.7 Å². The fraction of sp³-hybridized carbons (Fsp3) is 0.938. The molecule has 2 saturated carbocycles. The average Bonchev–Trinajstić information content (AvgIpc) is 2.99. The van der Waals surface area contributed by atoms with Gasteiger partial charge >= 0.3 is 5.97 Å². The minimum Gasteiger partial charge on any atom is -0.458 e. The zero-order valence-electron chi connectivity index (χ0n) is 12.3. The predicted octanol–water partition coefficient (Wildman–Crippen LogP) is 4.47. The zero-order chi connectivity index (χ0) is 13.2. The third kappa shape index (κ3) is 2.57. The Morgan fingerprint density at radius 1 is 1.17 bits per heavy atom. The van der Waals surface area contributed by atoms with Crippen molar-refractivity contribution in [2.24, 2.45) is 11.3 Å². The molecule has 0 N–H and O–H groups in total. The largest absolute Gasteiger partial charge is 0.458 e. The second-order valence-corrected chi connectivity index (χ2v) is 6.88. The highest BCUT2D eigenvalue weighted by Crippen LogP contribution is 2.47. The molecule has 0 unspecified atom stereocenters. The summed E-state index contributed by atoms with van der Waals surface area (Å²) in [7, 11) is 0. The minimum absolute atomic E-state index is 0.0267. The lowest BCUT2D eigenvalue weighted by Crippen LogP contribution is -2.42. The Kier molecular flexibility index (Phi) is 4.03. The summed E-state index contributed by atoms with van der Waals surface area (Å²) in [5.41, 5.74) is -0.422. The van der Waals surface area contributed by atoms with E-state index < -0.39 is 0 Å². The lowest BCUT2D eigenvalue weighted by molar-refractivity contribution is -0.176. The molecule has 0 aliphatic heterocycles. The molecule has 0 amide bonds. The van der Waals surface area contributed by atoms with E-state index in [1.54, 1.807) is 0 Å². The van der Waals surface area contributed by atoms with Crippen LogP contribution in [0.25, 0.3) is 0 Å². The average molecular weight is 252 g/mol. The van der Waals surface area contributed by atoms with Crippen LogP contribution >= 0.6 is 0 Å². The molecule has 104 valence electrons. The van der Waals surface area contributed by atoms with E-state index in [4.69, 9.17) is 4.74 Å². The Bertz CT molecular complexity index is 294. The van der Waals surface area contributed by atoms with E-state index in [1.807, 2.05) is 13.8 Å². The summed E-state index contributed by atoms with van der Waals surface area (Å²) in [5.74, 6) is 0.662. The molecule has 18 heavy (non-hydrogen) atoms. The van der Waals surface area contributed by atoms with E-state index in [0.29, 0.717) is 5.92 Å². The summed E-state index contributed by atoms with van der Waals surface area (Å²) in [6.45, 7) is 6.08. The van der Waals surface area contributed by atoms with Crippen molar-refractivity contribution < 1.29 is 9.53 Å². The number of carbonyl (C=O) groups is 1. The molecule has 0 aromatic rings. The van der Waals surface area contributed by atoms with Crippen molar-refractivity contribution in [1.82, 2.24) is 0 Å². The van der Waals surface area contributed by atoms with Crippen LogP contribution in [-0.4, -0.2) is 11.6 Å². The lowest BCUT2D eigenvalue weighted by Gasteiger charge is -2.37. The highest BCUT2D eigenvalue weighted by Gasteiger charge is 2.47. The van der Waals surface area contributed by atoms with Crippen molar-refractivity contribution in [3.05, 3.63) is 0 Å². The molecule has 0 saturated heterocycles. The molecule has 0 bridgehead atoms. The van der Waals surface area contributed by atoms with Gasteiger partial charge < -0.3 is 4.74 Å². The van der Waals surface area contributed by atoms with E-state index >= 15 is 0 Å². The standard InChI is InChI=1S/C16H28O2/c1-4-15(2,3)14(17)18-16(11-7-8-12-16)13-9-5-6-10-13/h13H,4-12H2,1-3H3. The predicted molar refractivity (Wildman–Crippen MR) is 73.3 cm³/mol. The van der Waals surface area contributed by atoms with Crippen LogP contribution in [0.3, 0.4) is 0 Å². The van der Waals surface area contributed by atoms with Crippen molar-refractivity contribution in [2.45, 2.75) is 84.2 Å². The lowest BCUT2D eigenvalue weighted by atomic mass is 9.83. The first-order valence-corrected chi connectivity index (χ1v) is 7.74. The van der Waals surface area contributed by atoms with Gasteiger partial charge in [-0.15, -0.1) is 0 Å². The maximum Gasteiger partial charge on any atom is 0.312 e. The second-order valence-electron chi connectivity index (χ2n) is 6.88. The Morgan fingerprint density at radius 2 is 1.72 bits per heavy atom. The van der Waals surface area contributed by atoms with Crippen LogP contribution in [0.2, 0.25) is 0 Å². The minimum atomic E-state index is -0.325. The number of rotatable bonds is 4. The maximum absolute atomic E-state index is 12.4. The second kappa shape index (κ2) is 5.22. The third-order valence-electron chi connectivity index (χ3n) is 5.28. The van der Waals surface area contributed by atoms with Crippen molar-refractivity contribution in [1.29, 1.82) is 0 Å². The van der Waals surface area contributed by atoms with Gasteiger partial charge in [0.15, 0.2) is 0 Å². The van der Waals surface area contributed by atoms with Gasteiger partial charge in [-0.25, -0.2) is 0 Å². The Hall–Kier alpha value is -0.530. The molecule has 2 fully saturated rings. The van der Waals surface area contributed by atoms with Gasteiger partial charge in [0.1, 0.15) is 5.60 Å². The van der Waals surface area contributed by atoms with Gasteiger partial charge in [0.25, 0.3) is 0 Å². The molecule has 0 heterocycles. The monoisotopic (exact) mass is 252 g/mol. The van der Waals surface area contributed by atoms with Gasteiger partial charge in [-0.2, -0.15) is 0 Å². The normalized spacial score (nSPS) is 24.4. The topological polar surface area (TPSA) is 26.3 Å². The number of carbonyl (C=O) groups excluding carboxylic acids is 1. The third-order valence-corrected chi connectivity index (χ3v) is 5.28. The number of hydrogen-bond donors (Lipinski definition) is 0. The zero-order valence-corrected chi connectivity index (χ0v) is 12.3. The SMILES string of the molecule is CCC(C)(C)C(=O)OC1(C2CCCC2)CCCC1. The van der Waals surface area contributed by atoms with E-state index in [9.17, 15) is 4.79 Å². The van der Waals surface area contributed by atoms with E-state index in [2.05, 4.69) is 6.92 Å². The Morgan fingerprint density at radius 3 is 2.22 bits per heavy atom. The molecule has 0 aromatic carbocycles. The molecular formula is C16H28O2. The Balaban J connectivity index is 2.09. The molecule has 2 rings (SSSR count). The van der Waals surface area contributed by atoms with E-state index in [0.717, 1.165) is 19.3 Å². The first-order valence-electron chi connectivity index (χ1n) is 7.74. The van der Waals surface area contributed by atoms with Crippen LogP contribution in [0.15, 0.2) is 0 Å². The van der Waals surface area contributed by atoms with Gasteiger partial charge in [0, 0.05) is 0 Å². The van der Waals surface area contributed by atoms with Crippen molar-refractivity contribution >= 4 is 5.97 Å². The Labute approximate surface area is 111 Å². The highest BCUT2D eigenvalue weighted by atomic mass is 16.6. The number of esters is 1. The van der Waals surface area contributed by atoms with Crippen molar-refractivity contribution in [3.8, 4) is 0 Å². The molecule has 2 nitrogen and oxygen atoms in total. The van der Waals surface area contributed by atoms with Gasteiger partial charge in [-0.1, -0.05) is 19.8 Å². The van der Waals surface area contributed by atoms with Crippen molar-refractivity contribution in [2.75, 3.05) is 0 Å². The van der Waals surface area contributed by atoms with Gasteiger partial charge in [-0.3, -0.25) is 4.79 Å². The summed E-state index contributed by atoms with van der Waals surface area (Å²) >= 11 is 0. The molecule has 2 aliphatic rings. The molecule has 0 spiro atoms. The van der Waals surface area contributed by atoms with E-state index in [-0.39, 0.29) is 17.0 Å². The fourth-order valence-electron chi connectivity index (χ4n) is 3.49. The molecule has 2 heteroatoms. The van der Waals surface area contributed by atoms with Crippen molar-refractivity contribution in [3.63, 3.8) is 0 Å². The van der Waals surface area contributed by atoms with Crippen LogP contribution < -0.4 is 0 Å². The molecule has 0 radical (unpaired) electrons. The number of ether oxygens (including phenoxy) is 1. The summed E-state index contributed by atoms with van der Waals surface area (Å²) < 4.78 is 6.10. The van der Waals surface area contributed by atoms with Crippen LogP contribution in [-0.2, 0) is 9.53 Å². The fourth-order valence-corrected chi connectivity index (χ4v) is 3.49. The van der Waals surface area contributed by atoms with Crippen LogP contribution in [0.5, 0.6) is 0 Å². The summed E-state index contributed by atoms with van der Waals surface area (Å²) in [4.78, 5) is 12.4. The molecule has 0 atom stereocenters. The molecule has 2 aliphatic carbocycles. The summed E-state index contributed by atoms with van der Waals surface area (Å²) in [5, 5.41) is 0. The number of hydrogen-bond acceptors (Lipinski definition) is 2. The van der Waals surface area contributed by atoms with Crippen LogP contribution in [0, 0.1) is 11.3 Å². The summed E-state index contributed by atoms with van der Waals surface area (Å²) in [6, 6.07) is 0. The molecule has 0 aromatic heterocycles.